The Balaban J connectivity index is 2.05. The number of nitrogens with zero attached hydrogens (tertiary/aromatic N) is 1. The van der Waals surface area contributed by atoms with Crippen LogP contribution in [0.2, 0.25) is 0 Å². The van der Waals surface area contributed by atoms with Gasteiger partial charge in [0.15, 0.2) is 6.61 Å². The molecule has 0 aliphatic rings. The van der Waals surface area contributed by atoms with E-state index in [1.807, 2.05) is 0 Å². The van der Waals surface area contributed by atoms with Crippen LogP contribution >= 0.6 is 0 Å². The smallest absolute Gasteiger partial charge is 0.341 e. The van der Waals surface area contributed by atoms with Crippen molar-refractivity contribution in [2.45, 2.75) is 20.4 Å². The SMILES string of the molecule is Cc1cc(C(=O)N(C)Cc2ccc(OCC(=O)O)cc2)cc(C)c1F. The molecular weight excluding hydrogens is 325 g/mol. The molecule has 6 heteroatoms. The molecule has 0 saturated heterocycles. The van der Waals surface area contributed by atoms with Crippen molar-refractivity contribution in [3.05, 3.63) is 64.5 Å². The van der Waals surface area contributed by atoms with Gasteiger partial charge in [0.2, 0.25) is 0 Å². The molecular formula is C19H20FNO4. The summed E-state index contributed by atoms with van der Waals surface area (Å²) in [5.41, 5.74) is 2.20. The summed E-state index contributed by atoms with van der Waals surface area (Å²) in [6, 6.07) is 9.93. The molecule has 0 aromatic heterocycles. The Morgan fingerprint density at radius 2 is 1.68 bits per heavy atom. The highest BCUT2D eigenvalue weighted by molar-refractivity contribution is 5.94. The molecule has 0 bridgehead atoms. The number of carboxylic acids is 1. The van der Waals surface area contributed by atoms with Gasteiger partial charge in [0.05, 0.1) is 0 Å². The Bertz CT molecular complexity index is 764. The normalized spacial score (nSPS) is 10.4. The second-order valence-electron chi connectivity index (χ2n) is 5.91. The number of rotatable bonds is 6. The number of carbonyl (C=O) groups is 2. The molecule has 25 heavy (non-hydrogen) atoms. The minimum absolute atomic E-state index is 0.197. The lowest BCUT2D eigenvalue weighted by molar-refractivity contribution is -0.139. The summed E-state index contributed by atoms with van der Waals surface area (Å²) in [6.45, 7) is 3.23. The molecule has 0 atom stereocenters. The van der Waals surface area contributed by atoms with Crippen LogP contribution in [0, 0.1) is 19.7 Å². The fourth-order valence-corrected chi connectivity index (χ4v) is 2.47. The third-order valence-corrected chi connectivity index (χ3v) is 3.74. The van der Waals surface area contributed by atoms with E-state index in [1.54, 1.807) is 62.2 Å². The third-order valence-electron chi connectivity index (χ3n) is 3.74. The number of amides is 1. The van der Waals surface area contributed by atoms with Crippen LogP contribution in [-0.2, 0) is 11.3 Å². The van der Waals surface area contributed by atoms with Gasteiger partial charge in [-0.2, -0.15) is 0 Å². The Kier molecular flexibility index (Phi) is 5.75. The Hall–Kier alpha value is -2.89. The number of hydrogen-bond donors (Lipinski definition) is 1. The van der Waals surface area contributed by atoms with E-state index in [0.717, 1.165) is 5.56 Å². The molecule has 0 aliphatic carbocycles. The van der Waals surface area contributed by atoms with Crippen LogP contribution < -0.4 is 4.74 Å². The maximum Gasteiger partial charge on any atom is 0.341 e. The van der Waals surface area contributed by atoms with Crippen molar-refractivity contribution in [3.63, 3.8) is 0 Å². The number of carboxylic acid groups (broad SMARTS) is 1. The van der Waals surface area contributed by atoms with Gasteiger partial charge in [-0.25, -0.2) is 9.18 Å². The van der Waals surface area contributed by atoms with Crippen molar-refractivity contribution in [2.75, 3.05) is 13.7 Å². The number of carbonyl (C=O) groups excluding carboxylic acids is 1. The molecule has 0 radical (unpaired) electrons. The maximum absolute atomic E-state index is 13.7. The summed E-state index contributed by atoms with van der Waals surface area (Å²) >= 11 is 0. The molecule has 0 aliphatic heterocycles. The number of halogens is 1. The molecule has 0 saturated carbocycles. The molecule has 0 fully saturated rings. The van der Waals surface area contributed by atoms with E-state index in [-0.39, 0.29) is 11.7 Å². The van der Waals surface area contributed by atoms with Gasteiger partial charge in [-0.1, -0.05) is 12.1 Å². The van der Waals surface area contributed by atoms with Crippen LogP contribution in [0.3, 0.4) is 0 Å². The molecule has 132 valence electrons. The van der Waals surface area contributed by atoms with Gasteiger partial charge in [0, 0.05) is 19.2 Å². The van der Waals surface area contributed by atoms with Crippen LogP contribution in [-0.4, -0.2) is 35.5 Å². The topological polar surface area (TPSA) is 66.8 Å². The van der Waals surface area contributed by atoms with Crippen LogP contribution in [0.4, 0.5) is 4.39 Å². The number of aliphatic carboxylic acids is 1. The second-order valence-corrected chi connectivity index (χ2v) is 5.91. The average Bonchev–Trinajstić information content (AvgIpc) is 2.57. The minimum atomic E-state index is -1.04. The predicted molar refractivity (Wildman–Crippen MR) is 91.2 cm³/mol. The summed E-state index contributed by atoms with van der Waals surface area (Å²) in [7, 11) is 1.67. The predicted octanol–water partition coefficient (Wildman–Crippen LogP) is 3.18. The van der Waals surface area contributed by atoms with Gasteiger partial charge in [-0.05, 0) is 54.8 Å². The zero-order valence-electron chi connectivity index (χ0n) is 14.4. The first kappa shape index (κ1) is 18.4. The lowest BCUT2D eigenvalue weighted by Crippen LogP contribution is -2.26. The van der Waals surface area contributed by atoms with E-state index in [0.29, 0.717) is 29.0 Å². The summed E-state index contributed by atoms with van der Waals surface area (Å²) in [4.78, 5) is 24.5. The monoisotopic (exact) mass is 345 g/mol. The van der Waals surface area contributed by atoms with E-state index in [1.165, 1.54) is 0 Å². The van der Waals surface area contributed by atoms with Gasteiger partial charge < -0.3 is 14.7 Å². The van der Waals surface area contributed by atoms with Gasteiger partial charge in [0.1, 0.15) is 11.6 Å². The number of hydrogen-bond acceptors (Lipinski definition) is 3. The Labute approximate surface area is 145 Å². The lowest BCUT2D eigenvalue weighted by Gasteiger charge is -2.18. The fraction of sp³-hybridized carbons (Fsp3) is 0.263. The van der Waals surface area contributed by atoms with Gasteiger partial charge in [0.25, 0.3) is 5.91 Å². The number of aryl methyl sites for hydroxylation is 2. The third kappa shape index (κ3) is 4.79. The van der Waals surface area contributed by atoms with Crippen molar-refractivity contribution in [1.29, 1.82) is 0 Å². The highest BCUT2D eigenvalue weighted by atomic mass is 19.1. The molecule has 1 N–H and O–H groups in total. The average molecular weight is 345 g/mol. The zero-order chi connectivity index (χ0) is 18.6. The first-order valence-electron chi connectivity index (χ1n) is 7.73. The molecule has 0 unspecified atom stereocenters. The van der Waals surface area contributed by atoms with Crippen molar-refractivity contribution in [1.82, 2.24) is 4.90 Å². The first-order chi connectivity index (χ1) is 11.8. The standard InChI is InChI=1S/C19H20FNO4/c1-12-8-15(9-13(2)18(12)20)19(24)21(3)10-14-4-6-16(7-5-14)25-11-17(22)23/h4-9H,10-11H2,1-3H3,(H,22,23). The summed E-state index contributed by atoms with van der Waals surface area (Å²) < 4.78 is 18.8. The quantitative estimate of drug-likeness (QED) is 0.873. The summed E-state index contributed by atoms with van der Waals surface area (Å²) in [6.07, 6.45) is 0. The van der Waals surface area contributed by atoms with Crippen LogP contribution in [0.25, 0.3) is 0 Å². The highest BCUT2D eigenvalue weighted by Crippen LogP contribution is 2.18. The molecule has 0 heterocycles. The highest BCUT2D eigenvalue weighted by Gasteiger charge is 2.15. The fourth-order valence-electron chi connectivity index (χ4n) is 2.47. The zero-order valence-corrected chi connectivity index (χ0v) is 14.4. The summed E-state index contributed by atoms with van der Waals surface area (Å²) in [5, 5.41) is 8.58. The van der Waals surface area contributed by atoms with Crippen molar-refractivity contribution < 1.29 is 23.8 Å². The van der Waals surface area contributed by atoms with Crippen molar-refractivity contribution in [3.8, 4) is 5.75 Å². The Morgan fingerprint density at radius 1 is 1.12 bits per heavy atom. The van der Waals surface area contributed by atoms with Gasteiger partial charge in [-0.3, -0.25) is 4.79 Å². The molecule has 2 aromatic carbocycles. The van der Waals surface area contributed by atoms with Crippen molar-refractivity contribution >= 4 is 11.9 Å². The Morgan fingerprint density at radius 3 is 2.20 bits per heavy atom. The van der Waals surface area contributed by atoms with E-state index < -0.39 is 12.6 Å². The lowest BCUT2D eigenvalue weighted by atomic mass is 10.1. The van der Waals surface area contributed by atoms with Crippen LogP contribution in [0.5, 0.6) is 5.75 Å². The minimum Gasteiger partial charge on any atom is -0.482 e. The largest absolute Gasteiger partial charge is 0.482 e. The first-order valence-corrected chi connectivity index (χ1v) is 7.73. The van der Waals surface area contributed by atoms with E-state index in [2.05, 4.69) is 0 Å². The van der Waals surface area contributed by atoms with Crippen LogP contribution in [0.15, 0.2) is 36.4 Å². The molecule has 5 nitrogen and oxygen atoms in total. The second kappa shape index (κ2) is 7.79. The summed E-state index contributed by atoms with van der Waals surface area (Å²) in [5.74, 6) is -1.09. The van der Waals surface area contributed by atoms with E-state index in [4.69, 9.17) is 9.84 Å². The molecule has 2 aromatic rings. The van der Waals surface area contributed by atoms with E-state index in [9.17, 15) is 14.0 Å². The molecule has 2 rings (SSSR count). The van der Waals surface area contributed by atoms with E-state index >= 15 is 0 Å². The molecule has 0 spiro atoms. The van der Waals surface area contributed by atoms with Crippen LogP contribution in [0.1, 0.15) is 27.0 Å². The van der Waals surface area contributed by atoms with Gasteiger partial charge >= 0.3 is 5.97 Å². The van der Waals surface area contributed by atoms with Gasteiger partial charge in [-0.15, -0.1) is 0 Å². The number of benzene rings is 2. The number of ether oxygens (including phenoxy) is 1. The van der Waals surface area contributed by atoms with Crippen molar-refractivity contribution in [2.24, 2.45) is 0 Å². The maximum atomic E-state index is 13.7. The molecule has 1 amide bonds.